The Labute approximate surface area is 79.9 Å². The first-order valence-corrected chi connectivity index (χ1v) is 4.91. The van der Waals surface area contributed by atoms with Crippen molar-refractivity contribution in [2.45, 2.75) is 4.90 Å². The standard InChI is InChI=1S/C7H7Cl2NS/c1-11-7-5(8)2-4(10)3-6(7)9/h2-3H,10H2,1H3. The molecule has 0 radical (unpaired) electrons. The summed E-state index contributed by atoms with van der Waals surface area (Å²) in [5.41, 5.74) is 6.10. The fourth-order valence-corrected chi connectivity index (χ4v) is 2.25. The van der Waals surface area contributed by atoms with Crippen LogP contribution in [0.15, 0.2) is 17.0 Å². The Morgan fingerprint density at radius 1 is 1.27 bits per heavy atom. The number of hydrogen-bond acceptors (Lipinski definition) is 2. The highest BCUT2D eigenvalue weighted by Crippen LogP contribution is 2.34. The van der Waals surface area contributed by atoms with E-state index in [9.17, 15) is 0 Å². The third-order valence-electron chi connectivity index (χ3n) is 1.22. The number of hydrogen-bond donors (Lipinski definition) is 1. The molecule has 0 bridgehead atoms. The van der Waals surface area contributed by atoms with Crippen LogP contribution in [0.3, 0.4) is 0 Å². The van der Waals surface area contributed by atoms with Crippen LogP contribution in [0, 0.1) is 0 Å². The van der Waals surface area contributed by atoms with Crippen LogP contribution in [0.5, 0.6) is 0 Å². The van der Waals surface area contributed by atoms with Crippen molar-refractivity contribution in [3.63, 3.8) is 0 Å². The van der Waals surface area contributed by atoms with Crippen molar-refractivity contribution in [1.29, 1.82) is 0 Å². The lowest BCUT2D eigenvalue weighted by molar-refractivity contribution is 1.47. The van der Waals surface area contributed by atoms with E-state index in [4.69, 9.17) is 28.9 Å². The van der Waals surface area contributed by atoms with Crippen molar-refractivity contribution in [1.82, 2.24) is 0 Å². The molecule has 0 atom stereocenters. The van der Waals surface area contributed by atoms with Gasteiger partial charge in [-0.25, -0.2) is 0 Å². The lowest BCUT2D eigenvalue weighted by Crippen LogP contribution is -1.85. The van der Waals surface area contributed by atoms with Crippen LogP contribution in [0.2, 0.25) is 10.0 Å². The molecular formula is C7H7Cl2NS. The van der Waals surface area contributed by atoms with Gasteiger partial charge in [-0.2, -0.15) is 0 Å². The molecule has 0 heterocycles. The van der Waals surface area contributed by atoms with Crippen molar-refractivity contribution in [2.24, 2.45) is 0 Å². The molecule has 2 N–H and O–H groups in total. The number of benzene rings is 1. The molecule has 0 amide bonds. The summed E-state index contributed by atoms with van der Waals surface area (Å²) in [6, 6.07) is 3.39. The molecule has 0 aliphatic rings. The Balaban J connectivity index is 3.25. The molecular weight excluding hydrogens is 201 g/mol. The van der Waals surface area contributed by atoms with Gasteiger partial charge in [0, 0.05) is 10.6 Å². The van der Waals surface area contributed by atoms with Gasteiger partial charge >= 0.3 is 0 Å². The minimum atomic E-state index is 0.595. The molecule has 0 saturated heterocycles. The zero-order valence-corrected chi connectivity index (χ0v) is 8.22. The monoisotopic (exact) mass is 207 g/mol. The van der Waals surface area contributed by atoms with E-state index in [1.165, 1.54) is 11.8 Å². The lowest BCUT2D eigenvalue weighted by Gasteiger charge is -2.03. The third-order valence-corrected chi connectivity index (χ3v) is 2.89. The summed E-state index contributed by atoms with van der Waals surface area (Å²) >= 11 is 13.2. The Kier molecular flexibility index (Phi) is 2.93. The van der Waals surface area contributed by atoms with Crippen molar-refractivity contribution in [2.75, 3.05) is 12.0 Å². The quantitative estimate of drug-likeness (QED) is 0.566. The van der Waals surface area contributed by atoms with Gasteiger partial charge < -0.3 is 5.73 Å². The van der Waals surface area contributed by atoms with Gasteiger partial charge in [0.1, 0.15) is 0 Å². The average molecular weight is 208 g/mol. The lowest BCUT2D eigenvalue weighted by atomic mass is 10.3. The highest BCUT2D eigenvalue weighted by Gasteiger charge is 2.04. The predicted octanol–water partition coefficient (Wildman–Crippen LogP) is 3.30. The van der Waals surface area contributed by atoms with E-state index >= 15 is 0 Å². The van der Waals surface area contributed by atoms with Crippen molar-refractivity contribution in [3.8, 4) is 0 Å². The van der Waals surface area contributed by atoms with Gasteiger partial charge in [-0.1, -0.05) is 23.2 Å². The Morgan fingerprint density at radius 2 is 1.73 bits per heavy atom. The van der Waals surface area contributed by atoms with Crippen LogP contribution < -0.4 is 5.73 Å². The van der Waals surface area contributed by atoms with Crippen LogP contribution in [-0.2, 0) is 0 Å². The van der Waals surface area contributed by atoms with E-state index in [2.05, 4.69) is 0 Å². The molecule has 11 heavy (non-hydrogen) atoms. The van der Waals surface area contributed by atoms with Gasteiger partial charge in [-0.05, 0) is 18.4 Å². The molecule has 60 valence electrons. The summed E-state index contributed by atoms with van der Waals surface area (Å²) in [5.74, 6) is 0. The first kappa shape index (κ1) is 9.04. The molecule has 0 aliphatic heterocycles. The van der Waals surface area contributed by atoms with E-state index in [1.54, 1.807) is 12.1 Å². The summed E-state index contributed by atoms with van der Waals surface area (Å²) in [6.45, 7) is 0. The van der Waals surface area contributed by atoms with Gasteiger partial charge in [-0.3, -0.25) is 0 Å². The van der Waals surface area contributed by atoms with Crippen LogP contribution in [0.25, 0.3) is 0 Å². The maximum atomic E-state index is 5.85. The summed E-state index contributed by atoms with van der Waals surface area (Å²) in [6.07, 6.45) is 1.92. The molecule has 4 heteroatoms. The number of rotatable bonds is 1. The van der Waals surface area contributed by atoms with Crippen LogP contribution >= 0.6 is 35.0 Å². The zero-order chi connectivity index (χ0) is 8.43. The highest BCUT2D eigenvalue weighted by molar-refractivity contribution is 7.98. The molecule has 1 aromatic rings. The van der Waals surface area contributed by atoms with Crippen molar-refractivity contribution >= 4 is 40.7 Å². The molecule has 0 unspecified atom stereocenters. The van der Waals surface area contributed by atoms with Gasteiger partial charge in [0.15, 0.2) is 0 Å². The normalized spacial score (nSPS) is 10.1. The zero-order valence-electron chi connectivity index (χ0n) is 5.90. The topological polar surface area (TPSA) is 26.0 Å². The molecule has 0 fully saturated rings. The molecule has 0 aliphatic carbocycles. The minimum Gasteiger partial charge on any atom is -0.399 e. The smallest absolute Gasteiger partial charge is 0.0577 e. The van der Waals surface area contributed by atoms with E-state index in [0.717, 1.165) is 4.90 Å². The van der Waals surface area contributed by atoms with Crippen molar-refractivity contribution in [3.05, 3.63) is 22.2 Å². The van der Waals surface area contributed by atoms with E-state index < -0.39 is 0 Å². The molecule has 0 spiro atoms. The summed E-state index contributed by atoms with van der Waals surface area (Å²) in [5, 5.41) is 1.23. The van der Waals surface area contributed by atoms with Crippen LogP contribution in [-0.4, -0.2) is 6.26 Å². The third kappa shape index (κ3) is 1.95. The second-order valence-corrected chi connectivity index (χ2v) is 3.65. The van der Waals surface area contributed by atoms with E-state index in [-0.39, 0.29) is 0 Å². The van der Waals surface area contributed by atoms with Gasteiger partial charge in [0.2, 0.25) is 0 Å². The fraction of sp³-hybridized carbons (Fsp3) is 0.143. The molecule has 0 aromatic heterocycles. The fourth-order valence-electron chi connectivity index (χ4n) is 0.774. The Bertz CT molecular complexity index is 252. The number of nitrogens with two attached hydrogens (primary N) is 1. The first-order chi connectivity index (χ1) is 5.15. The van der Waals surface area contributed by atoms with Crippen molar-refractivity contribution < 1.29 is 0 Å². The second kappa shape index (κ2) is 3.57. The van der Waals surface area contributed by atoms with Crippen LogP contribution in [0.1, 0.15) is 0 Å². The number of thioether (sulfide) groups is 1. The van der Waals surface area contributed by atoms with Gasteiger partial charge in [0.05, 0.1) is 10.0 Å². The Hall–Kier alpha value is -0.0500. The summed E-state index contributed by atoms with van der Waals surface area (Å²) in [7, 11) is 0. The summed E-state index contributed by atoms with van der Waals surface area (Å²) < 4.78 is 0. The number of anilines is 1. The number of halogens is 2. The maximum absolute atomic E-state index is 5.85. The SMILES string of the molecule is CSc1c(Cl)cc(N)cc1Cl. The number of nitrogen functional groups attached to an aromatic ring is 1. The molecule has 0 saturated carbocycles. The largest absolute Gasteiger partial charge is 0.399 e. The molecule has 1 rings (SSSR count). The maximum Gasteiger partial charge on any atom is 0.0577 e. The molecule has 1 aromatic carbocycles. The van der Waals surface area contributed by atoms with Crippen LogP contribution in [0.4, 0.5) is 5.69 Å². The second-order valence-electron chi connectivity index (χ2n) is 2.02. The summed E-state index contributed by atoms with van der Waals surface area (Å²) in [4.78, 5) is 0.877. The highest BCUT2D eigenvalue weighted by atomic mass is 35.5. The van der Waals surface area contributed by atoms with E-state index in [1.807, 2.05) is 6.26 Å². The predicted molar refractivity (Wildman–Crippen MR) is 52.7 cm³/mol. The van der Waals surface area contributed by atoms with Gasteiger partial charge in [0.25, 0.3) is 0 Å². The molecule has 1 nitrogen and oxygen atoms in total. The van der Waals surface area contributed by atoms with E-state index in [0.29, 0.717) is 15.7 Å². The van der Waals surface area contributed by atoms with Gasteiger partial charge in [-0.15, -0.1) is 11.8 Å². The first-order valence-electron chi connectivity index (χ1n) is 2.93. The Morgan fingerprint density at radius 3 is 2.09 bits per heavy atom. The minimum absolute atomic E-state index is 0.595. The average Bonchev–Trinajstić information content (AvgIpc) is 1.85.